The summed E-state index contributed by atoms with van der Waals surface area (Å²) in [6.45, 7) is 8.04. The van der Waals surface area contributed by atoms with E-state index in [0.29, 0.717) is 18.5 Å². The molecule has 0 aliphatic heterocycles. The molecule has 0 spiro atoms. The highest BCUT2D eigenvalue weighted by Gasteiger charge is 2.03. The Morgan fingerprint density at radius 1 is 1.27 bits per heavy atom. The second kappa shape index (κ2) is 6.16. The van der Waals surface area contributed by atoms with Crippen LogP contribution < -0.4 is 10.6 Å². The van der Waals surface area contributed by atoms with Crippen LogP contribution in [-0.2, 0) is 4.79 Å². The monoisotopic (exact) mass is 158 g/mol. The van der Waals surface area contributed by atoms with Gasteiger partial charge in [0.2, 0.25) is 6.41 Å². The van der Waals surface area contributed by atoms with E-state index in [1.165, 1.54) is 0 Å². The van der Waals surface area contributed by atoms with Crippen molar-refractivity contribution < 1.29 is 4.79 Å². The van der Waals surface area contributed by atoms with E-state index in [1.54, 1.807) is 0 Å². The third-order valence-corrected chi connectivity index (χ3v) is 1.82. The van der Waals surface area contributed by atoms with Crippen LogP contribution in [0.1, 0.15) is 20.8 Å². The molecule has 0 fully saturated rings. The topological polar surface area (TPSA) is 41.1 Å². The molecule has 3 heteroatoms. The summed E-state index contributed by atoms with van der Waals surface area (Å²) in [6, 6.07) is 0.517. The number of hydrogen-bond donors (Lipinski definition) is 2. The predicted molar refractivity (Wildman–Crippen MR) is 46.4 cm³/mol. The Balaban J connectivity index is 3.17. The minimum atomic E-state index is 0.517. The lowest BCUT2D eigenvalue weighted by Crippen LogP contribution is -2.35. The van der Waals surface area contributed by atoms with Crippen LogP contribution in [0.2, 0.25) is 0 Å². The number of hydrogen-bond acceptors (Lipinski definition) is 2. The Labute approximate surface area is 68.6 Å². The van der Waals surface area contributed by atoms with Gasteiger partial charge in [-0.1, -0.05) is 13.8 Å². The Morgan fingerprint density at radius 3 is 2.36 bits per heavy atom. The van der Waals surface area contributed by atoms with Gasteiger partial charge in [-0.25, -0.2) is 0 Å². The van der Waals surface area contributed by atoms with Gasteiger partial charge in [-0.15, -0.1) is 0 Å². The third kappa shape index (κ3) is 5.85. The fraction of sp³-hybridized carbons (Fsp3) is 0.875. The highest BCUT2D eigenvalue weighted by atomic mass is 16.1. The van der Waals surface area contributed by atoms with Gasteiger partial charge >= 0.3 is 0 Å². The van der Waals surface area contributed by atoms with E-state index in [2.05, 4.69) is 31.4 Å². The van der Waals surface area contributed by atoms with Crippen molar-refractivity contribution in [2.45, 2.75) is 26.8 Å². The minimum absolute atomic E-state index is 0.517. The first-order valence-electron chi connectivity index (χ1n) is 4.09. The van der Waals surface area contributed by atoms with E-state index in [-0.39, 0.29) is 0 Å². The van der Waals surface area contributed by atoms with Crippen molar-refractivity contribution in [3.8, 4) is 0 Å². The fourth-order valence-electron chi connectivity index (χ4n) is 0.667. The van der Waals surface area contributed by atoms with Gasteiger partial charge in [0.25, 0.3) is 0 Å². The van der Waals surface area contributed by atoms with Gasteiger partial charge < -0.3 is 10.6 Å². The van der Waals surface area contributed by atoms with E-state index in [0.717, 1.165) is 13.0 Å². The highest BCUT2D eigenvalue weighted by Crippen LogP contribution is 1.97. The zero-order valence-corrected chi connectivity index (χ0v) is 7.55. The van der Waals surface area contributed by atoms with E-state index >= 15 is 0 Å². The Kier molecular flexibility index (Phi) is 5.84. The van der Waals surface area contributed by atoms with E-state index in [9.17, 15) is 4.79 Å². The predicted octanol–water partition coefficient (Wildman–Crippen LogP) is 0.366. The first-order valence-corrected chi connectivity index (χ1v) is 4.09. The molecule has 11 heavy (non-hydrogen) atoms. The molecule has 0 aromatic carbocycles. The zero-order valence-electron chi connectivity index (χ0n) is 7.55. The molecule has 1 unspecified atom stereocenters. The molecular formula is C8H18N2O. The van der Waals surface area contributed by atoms with E-state index in [4.69, 9.17) is 0 Å². The molecule has 0 saturated carbocycles. The smallest absolute Gasteiger partial charge is 0.207 e. The van der Waals surface area contributed by atoms with Crippen LogP contribution in [0.15, 0.2) is 0 Å². The molecular weight excluding hydrogens is 140 g/mol. The number of amides is 1. The SMILES string of the molecule is CC(C)C(C)NCCNC=O. The van der Waals surface area contributed by atoms with Crippen molar-refractivity contribution in [1.29, 1.82) is 0 Å². The third-order valence-electron chi connectivity index (χ3n) is 1.82. The van der Waals surface area contributed by atoms with Gasteiger partial charge in [0.05, 0.1) is 0 Å². The summed E-state index contributed by atoms with van der Waals surface area (Å²) in [7, 11) is 0. The summed E-state index contributed by atoms with van der Waals surface area (Å²) in [4.78, 5) is 9.84. The summed E-state index contributed by atoms with van der Waals surface area (Å²) in [5, 5.41) is 5.89. The van der Waals surface area contributed by atoms with Gasteiger partial charge in [0.1, 0.15) is 0 Å². The number of rotatable bonds is 6. The van der Waals surface area contributed by atoms with Crippen LogP contribution >= 0.6 is 0 Å². The van der Waals surface area contributed by atoms with Gasteiger partial charge in [-0.3, -0.25) is 4.79 Å². The van der Waals surface area contributed by atoms with Crippen LogP contribution in [0.3, 0.4) is 0 Å². The van der Waals surface area contributed by atoms with Crippen LogP contribution in [-0.4, -0.2) is 25.5 Å². The molecule has 66 valence electrons. The highest BCUT2D eigenvalue weighted by molar-refractivity contribution is 5.45. The van der Waals surface area contributed by atoms with Gasteiger partial charge in [-0.05, 0) is 12.8 Å². The molecule has 2 N–H and O–H groups in total. The molecule has 0 aromatic rings. The molecule has 1 atom stereocenters. The van der Waals surface area contributed by atoms with Crippen molar-refractivity contribution in [1.82, 2.24) is 10.6 Å². The molecule has 0 bridgehead atoms. The zero-order chi connectivity index (χ0) is 8.69. The normalized spacial score (nSPS) is 13.1. The molecule has 0 aliphatic carbocycles. The summed E-state index contributed by atoms with van der Waals surface area (Å²) in [5.74, 6) is 0.645. The van der Waals surface area contributed by atoms with E-state index < -0.39 is 0 Å². The van der Waals surface area contributed by atoms with Crippen LogP contribution in [0.5, 0.6) is 0 Å². The van der Waals surface area contributed by atoms with Gasteiger partial charge in [0.15, 0.2) is 0 Å². The lowest BCUT2D eigenvalue weighted by molar-refractivity contribution is -0.109. The fourth-order valence-corrected chi connectivity index (χ4v) is 0.667. The molecule has 0 heterocycles. The average molecular weight is 158 g/mol. The quantitative estimate of drug-likeness (QED) is 0.433. The molecule has 0 radical (unpaired) electrons. The second-order valence-electron chi connectivity index (χ2n) is 3.06. The summed E-state index contributed by atoms with van der Waals surface area (Å²) in [5.41, 5.74) is 0. The Morgan fingerprint density at radius 2 is 1.91 bits per heavy atom. The first-order chi connectivity index (χ1) is 5.18. The van der Waals surface area contributed by atoms with Crippen LogP contribution in [0, 0.1) is 5.92 Å². The van der Waals surface area contributed by atoms with Crippen molar-refractivity contribution in [3.63, 3.8) is 0 Å². The lowest BCUT2D eigenvalue weighted by Gasteiger charge is -2.16. The van der Waals surface area contributed by atoms with Crippen molar-refractivity contribution >= 4 is 6.41 Å². The average Bonchev–Trinajstić information content (AvgIpc) is 1.97. The van der Waals surface area contributed by atoms with Crippen molar-refractivity contribution in [3.05, 3.63) is 0 Å². The molecule has 3 nitrogen and oxygen atoms in total. The molecule has 1 amide bonds. The number of carbonyl (C=O) groups is 1. The minimum Gasteiger partial charge on any atom is -0.357 e. The Bertz CT molecular complexity index is 104. The number of carbonyl (C=O) groups excluding carboxylic acids is 1. The van der Waals surface area contributed by atoms with Gasteiger partial charge in [0, 0.05) is 19.1 Å². The molecule has 0 saturated heterocycles. The van der Waals surface area contributed by atoms with Crippen molar-refractivity contribution in [2.24, 2.45) is 5.92 Å². The maximum atomic E-state index is 9.84. The number of nitrogens with one attached hydrogen (secondary N) is 2. The summed E-state index contributed by atoms with van der Waals surface area (Å²) < 4.78 is 0. The van der Waals surface area contributed by atoms with Gasteiger partial charge in [-0.2, -0.15) is 0 Å². The van der Waals surface area contributed by atoms with E-state index in [1.807, 2.05) is 0 Å². The molecule has 0 rings (SSSR count). The summed E-state index contributed by atoms with van der Waals surface area (Å²) >= 11 is 0. The molecule has 0 aliphatic rings. The maximum Gasteiger partial charge on any atom is 0.207 e. The standard InChI is InChI=1S/C8H18N2O/c1-7(2)8(3)10-5-4-9-6-11/h6-8,10H,4-5H2,1-3H3,(H,9,11). The van der Waals surface area contributed by atoms with Crippen LogP contribution in [0.25, 0.3) is 0 Å². The first kappa shape index (κ1) is 10.4. The summed E-state index contributed by atoms with van der Waals surface area (Å²) in [6.07, 6.45) is 0.724. The molecule has 0 aromatic heterocycles. The van der Waals surface area contributed by atoms with Crippen molar-refractivity contribution in [2.75, 3.05) is 13.1 Å². The Hall–Kier alpha value is -0.570. The van der Waals surface area contributed by atoms with Crippen LogP contribution in [0.4, 0.5) is 0 Å². The largest absolute Gasteiger partial charge is 0.357 e. The second-order valence-corrected chi connectivity index (χ2v) is 3.06. The lowest BCUT2D eigenvalue weighted by atomic mass is 10.1. The maximum absolute atomic E-state index is 9.84.